The summed E-state index contributed by atoms with van der Waals surface area (Å²) >= 11 is 0.470. The molecule has 1 saturated heterocycles. The lowest BCUT2D eigenvalue weighted by Crippen LogP contribution is -2.29. The first-order valence-corrected chi connectivity index (χ1v) is 7.01. The van der Waals surface area contributed by atoms with Gasteiger partial charge in [-0.15, -0.1) is 0 Å². The number of aromatic nitrogens is 1. The van der Waals surface area contributed by atoms with E-state index in [4.69, 9.17) is 4.42 Å². The van der Waals surface area contributed by atoms with Crippen LogP contribution in [0.15, 0.2) is 33.7 Å². The monoisotopic (exact) mass is 353 g/mol. The van der Waals surface area contributed by atoms with E-state index >= 15 is 0 Å². The van der Waals surface area contributed by atoms with Crippen LogP contribution >= 0.6 is 11.8 Å². The first-order valence-electron chi connectivity index (χ1n) is 6.20. The molecule has 3 heterocycles. The average molecular weight is 353 g/mol. The minimum atomic E-state index is -1.17. The lowest BCUT2D eigenvalue weighted by Gasteiger charge is -2.11. The van der Waals surface area contributed by atoms with E-state index in [1.165, 1.54) is 6.07 Å². The fourth-order valence-electron chi connectivity index (χ4n) is 1.87. The summed E-state index contributed by atoms with van der Waals surface area (Å²) < 4.78 is 31.5. The summed E-state index contributed by atoms with van der Waals surface area (Å²) in [6.45, 7) is 0. The first kappa shape index (κ1) is 15.8. The van der Waals surface area contributed by atoms with Crippen LogP contribution in [0.25, 0.3) is 6.08 Å². The van der Waals surface area contributed by atoms with Crippen molar-refractivity contribution in [3.05, 3.63) is 56.8 Å². The molecule has 122 valence electrons. The molecule has 24 heavy (non-hydrogen) atoms. The molecule has 0 N–H and O–H groups in total. The second-order valence-electron chi connectivity index (χ2n) is 4.41. The molecule has 0 atom stereocenters. The zero-order valence-electron chi connectivity index (χ0n) is 11.4. The molecule has 3 rings (SSSR count). The maximum Gasteiger partial charge on any atom is 0.433 e. The maximum absolute atomic E-state index is 13.7. The van der Waals surface area contributed by atoms with Gasteiger partial charge in [0.1, 0.15) is 16.5 Å². The van der Waals surface area contributed by atoms with Gasteiger partial charge in [0, 0.05) is 12.1 Å². The first-order chi connectivity index (χ1) is 11.4. The molecule has 2 aromatic rings. The van der Waals surface area contributed by atoms with Crippen molar-refractivity contribution in [3.8, 4) is 0 Å². The number of carbonyl (C=O) groups excluding carboxylic acids is 2. The Kier molecular flexibility index (Phi) is 3.85. The minimum Gasteiger partial charge on any atom is -0.401 e. The van der Waals surface area contributed by atoms with Crippen LogP contribution in [0.2, 0.25) is 0 Å². The average Bonchev–Trinajstić information content (AvgIpc) is 3.07. The van der Waals surface area contributed by atoms with Crippen molar-refractivity contribution in [1.29, 1.82) is 0 Å². The van der Waals surface area contributed by atoms with E-state index in [9.17, 15) is 28.5 Å². The van der Waals surface area contributed by atoms with Crippen LogP contribution in [0.4, 0.5) is 25.3 Å². The van der Waals surface area contributed by atoms with Gasteiger partial charge in [-0.05, 0) is 17.8 Å². The standard InChI is InChI=1S/C13H5F2N3O5S/c14-6-3-8(15)11(16-5-6)17-12(19)9(24-13(17)20)4-7-1-2-10(23-7)18(21)22/h1-5H/b9-4-. The lowest BCUT2D eigenvalue weighted by atomic mass is 10.3. The highest BCUT2D eigenvalue weighted by Crippen LogP contribution is 2.36. The number of imide groups is 1. The molecule has 1 fully saturated rings. The molecule has 1 aliphatic rings. The molecule has 0 radical (unpaired) electrons. The summed E-state index contributed by atoms with van der Waals surface area (Å²) in [4.78, 5) is 37.7. The number of rotatable bonds is 3. The van der Waals surface area contributed by atoms with Crippen molar-refractivity contribution in [2.75, 3.05) is 4.90 Å². The van der Waals surface area contributed by atoms with Crippen LogP contribution in [0, 0.1) is 21.7 Å². The minimum absolute atomic E-state index is 0.0280. The Bertz CT molecular complexity index is 911. The molecule has 2 amide bonds. The Labute approximate surface area is 135 Å². The Hall–Kier alpha value is -3.08. The predicted octanol–water partition coefficient (Wildman–Crippen LogP) is 3.10. The van der Waals surface area contributed by atoms with Crippen LogP contribution < -0.4 is 4.90 Å². The normalized spacial score (nSPS) is 16.2. The number of thioether (sulfide) groups is 1. The summed E-state index contributed by atoms with van der Waals surface area (Å²) in [5.41, 5.74) is 0. The summed E-state index contributed by atoms with van der Waals surface area (Å²) in [7, 11) is 0. The summed E-state index contributed by atoms with van der Waals surface area (Å²) in [6.07, 6.45) is 1.78. The van der Waals surface area contributed by atoms with Crippen LogP contribution in [0.1, 0.15) is 5.76 Å². The van der Waals surface area contributed by atoms with Gasteiger partial charge in [-0.3, -0.25) is 19.7 Å². The third kappa shape index (κ3) is 2.76. The van der Waals surface area contributed by atoms with Crippen molar-refractivity contribution >= 4 is 40.7 Å². The number of pyridine rings is 1. The van der Waals surface area contributed by atoms with E-state index in [1.54, 1.807) is 0 Å². The van der Waals surface area contributed by atoms with Gasteiger partial charge in [0.2, 0.25) is 0 Å². The Morgan fingerprint density at radius 1 is 1.33 bits per heavy atom. The van der Waals surface area contributed by atoms with Crippen molar-refractivity contribution < 1.29 is 27.7 Å². The zero-order chi connectivity index (χ0) is 17.4. The third-order valence-corrected chi connectivity index (χ3v) is 3.73. The molecular weight excluding hydrogens is 348 g/mol. The number of anilines is 1. The van der Waals surface area contributed by atoms with Gasteiger partial charge in [-0.1, -0.05) is 0 Å². The lowest BCUT2D eigenvalue weighted by molar-refractivity contribution is -0.402. The number of furan rings is 1. The van der Waals surface area contributed by atoms with Crippen LogP contribution in [0.3, 0.4) is 0 Å². The largest absolute Gasteiger partial charge is 0.433 e. The number of nitrogens with zero attached hydrogens (tertiary/aromatic N) is 3. The molecule has 0 spiro atoms. The fraction of sp³-hybridized carbons (Fsp3) is 0. The van der Waals surface area contributed by atoms with Crippen molar-refractivity contribution in [3.63, 3.8) is 0 Å². The molecule has 2 aromatic heterocycles. The fourth-order valence-corrected chi connectivity index (χ4v) is 2.67. The van der Waals surface area contributed by atoms with Gasteiger partial charge in [0.25, 0.3) is 11.1 Å². The quantitative estimate of drug-likeness (QED) is 0.474. The number of halogens is 2. The van der Waals surface area contributed by atoms with Crippen LogP contribution in [-0.2, 0) is 4.79 Å². The topological polar surface area (TPSA) is 107 Å². The Morgan fingerprint density at radius 2 is 2.08 bits per heavy atom. The van der Waals surface area contributed by atoms with Crippen molar-refractivity contribution in [2.24, 2.45) is 0 Å². The van der Waals surface area contributed by atoms with Crippen molar-refractivity contribution in [2.45, 2.75) is 0 Å². The number of hydrogen-bond acceptors (Lipinski definition) is 7. The van der Waals surface area contributed by atoms with Gasteiger partial charge >= 0.3 is 5.88 Å². The van der Waals surface area contributed by atoms with Gasteiger partial charge < -0.3 is 4.42 Å². The van der Waals surface area contributed by atoms with Crippen LogP contribution in [-0.4, -0.2) is 21.1 Å². The van der Waals surface area contributed by atoms with E-state index < -0.39 is 39.4 Å². The zero-order valence-corrected chi connectivity index (χ0v) is 12.3. The summed E-state index contributed by atoms with van der Waals surface area (Å²) in [6, 6.07) is 2.81. The van der Waals surface area contributed by atoms with E-state index in [0.717, 1.165) is 12.1 Å². The predicted molar refractivity (Wildman–Crippen MR) is 78.0 cm³/mol. The van der Waals surface area contributed by atoms with Gasteiger partial charge in [-0.2, -0.15) is 0 Å². The van der Waals surface area contributed by atoms with E-state index in [2.05, 4.69) is 4.98 Å². The highest BCUT2D eigenvalue weighted by molar-refractivity contribution is 8.19. The Morgan fingerprint density at radius 3 is 2.71 bits per heavy atom. The van der Waals surface area contributed by atoms with Crippen molar-refractivity contribution in [1.82, 2.24) is 4.98 Å². The third-order valence-electron chi connectivity index (χ3n) is 2.86. The Balaban J connectivity index is 1.93. The molecule has 11 heteroatoms. The van der Waals surface area contributed by atoms with Gasteiger partial charge in [0.05, 0.1) is 17.2 Å². The highest BCUT2D eigenvalue weighted by atomic mass is 32.2. The van der Waals surface area contributed by atoms with E-state index in [0.29, 0.717) is 28.9 Å². The van der Waals surface area contributed by atoms with E-state index in [1.807, 2.05) is 0 Å². The van der Waals surface area contributed by atoms with E-state index in [-0.39, 0.29) is 10.7 Å². The highest BCUT2D eigenvalue weighted by Gasteiger charge is 2.39. The molecule has 8 nitrogen and oxygen atoms in total. The second-order valence-corrected chi connectivity index (χ2v) is 5.40. The number of carbonyl (C=O) groups is 2. The molecule has 0 bridgehead atoms. The SMILES string of the molecule is O=C1S/C(=C\c2ccc([N+](=O)[O-])o2)C(=O)N1c1ncc(F)cc1F. The second kappa shape index (κ2) is 5.85. The molecule has 1 aliphatic heterocycles. The summed E-state index contributed by atoms with van der Waals surface area (Å²) in [5.74, 6) is -4.23. The number of amides is 2. The molecule has 0 aromatic carbocycles. The molecule has 0 aliphatic carbocycles. The molecule has 0 saturated carbocycles. The van der Waals surface area contributed by atoms with Gasteiger partial charge in [0.15, 0.2) is 11.6 Å². The number of hydrogen-bond donors (Lipinski definition) is 0. The maximum atomic E-state index is 13.7. The number of nitro groups is 1. The summed E-state index contributed by atoms with van der Waals surface area (Å²) in [5, 5.41) is 9.70. The van der Waals surface area contributed by atoms with Crippen LogP contribution in [0.5, 0.6) is 0 Å². The molecular formula is C13H5F2N3O5S. The van der Waals surface area contributed by atoms with Gasteiger partial charge in [-0.25, -0.2) is 18.7 Å². The molecule has 0 unspecified atom stereocenters. The smallest absolute Gasteiger partial charge is 0.401 e.